The van der Waals surface area contributed by atoms with E-state index >= 15 is 0 Å². The lowest BCUT2D eigenvalue weighted by molar-refractivity contribution is 0.183. The Bertz CT molecular complexity index is 695. The zero-order valence-corrected chi connectivity index (χ0v) is 18.2. The van der Waals surface area contributed by atoms with Crippen molar-refractivity contribution in [1.82, 2.24) is 9.97 Å². The third-order valence-electron chi connectivity index (χ3n) is 4.86. The van der Waals surface area contributed by atoms with Crippen molar-refractivity contribution in [1.29, 1.82) is 0 Å². The van der Waals surface area contributed by atoms with Gasteiger partial charge in [0.25, 0.3) is 0 Å². The molecule has 0 aliphatic carbocycles. The summed E-state index contributed by atoms with van der Waals surface area (Å²) in [6.45, 7) is 4.54. The van der Waals surface area contributed by atoms with Crippen LogP contribution in [0.15, 0.2) is 36.7 Å². The molecule has 166 valence electrons. The van der Waals surface area contributed by atoms with Crippen LogP contribution in [-0.4, -0.2) is 35.5 Å². The van der Waals surface area contributed by atoms with Crippen LogP contribution in [0.5, 0.6) is 11.5 Å². The van der Waals surface area contributed by atoms with Gasteiger partial charge >= 0.3 is 0 Å². The van der Waals surface area contributed by atoms with Crippen molar-refractivity contribution in [2.45, 2.75) is 77.6 Å². The number of aromatic nitrogens is 2. The van der Waals surface area contributed by atoms with E-state index < -0.39 is 12.3 Å². The van der Waals surface area contributed by atoms with Crippen molar-refractivity contribution >= 4 is 0 Å². The number of hydrogen-bond donors (Lipinski definition) is 0. The Morgan fingerprint density at radius 2 is 1.43 bits per heavy atom. The van der Waals surface area contributed by atoms with E-state index in [1.165, 1.54) is 0 Å². The zero-order valence-electron chi connectivity index (χ0n) is 18.2. The van der Waals surface area contributed by atoms with E-state index in [0.29, 0.717) is 43.2 Å². The molecule has 0 aliphatic heterocycles. The molecule has 0 fully saturated rings. The van der Waals surface area contributed by atoms with Gasteiger partial charge < -0.3 is 9.47 Å². The first-order chi connectivity index (χ1) is 14.6. The first kappa shape index (κ1) is 24.0. The smallest absolute Gasteiger partial charge is 0.159 e. The molecule has 0 saturated heterocycles. The van der Waals surface area contributed by atoms with Crippen LogP contribution >= 0.6 is 0 Å². The Hall–Kier alpha value is -2.24. The second kappa shape index (κ2) is 13.9. The second-order valence-electron chi connectivity index (χ2n) is 7.55. The van der Waals surface area contributed by atoms with Gasteiger partial charge in [0.15, 0.2) is 11.6 Å². The minimum atomic E-state index is -0.969. The number of alkyl halides is 2. The van der Waals surface area contributed by atoms with Gasteiger partial charge in [-0.1, -0.05) is 46.0 Å². The monoisotopic (exact) mass is 420 g/mol. The number of ether oxygens (including phenoxy) is 2. The lowest BCUT2D eigenvalue weighted by Gasteiger charge is -2.11. The van der Waals surface area contributed by atoms with Crippen LogP contribution in [0.2, 0.25) is 0 Å². The van der Waals surface area contributed by atoms with E-state index in [4.69, 9.17) is 9.47 Å². The molecule has 0 radical (unpaired) electrons. The molecular weight excluding hydrogens is 386 g/mol. The molecule has 0 bridgehead atoms. The maximum Gasteiger partial charge on any atom is 0.159 e. The van der Waals surface area contributed by atoms with Crippen molar-refractivity contribution in [3.8, 4) is 22.9 Å². The Morgan fingerprint density at radius 3 is 2.10 bits per heavy atom. The summed E-state index contributed by atoms with van der Waals surface area (Å²) in [5.41, 5.74) is 0.836. The van der Waals surface area contributed by atoms with E-state index in [2.05, 4.69) is 23.8 Å². The van der Waals surface area contributed by atoms with Crippen LogP contribution in [-0.2, 0) is 0 Å². The van der Waals surface area contributed by atoms with Gasteiger partial charge in [0.2, 0.25) is 0 Å². The van der Waals surface area contributed by atoms with Gasteiger partial charge in [-0.05, 0) is 37.1 Å². The van der Waals surface area contributed by atoms with E-state index in [9.17, 15) is 8.78 Å². The molecule has 2 rings (SSSR count). The molecule has 1 heterocycles. The highest BCUT2D eigenvalue weighted by atomic mass is 19.1. The Morgan fingerprint density at radius 1 is 0.767 bits per heavy atom. The molecule has 30 heavy (non-hydrogen) atoms. The molecule has 0 aliphatic rings. The standard InChI is InChI=1S/C24H34F2N2O2/c1-3-5-7-9-21(26)18-30-23-16-27-24(28-17-23)19-10-12-22(13-11-19)29-15-14-20(25)8-6-4-2/h10-13,16-17,20-21H,3-9,14-15,18H2,1-2H3. The van der Waals surface area contributed by atoms with Gasteiger partial charge in [-0.15, -0.1) is 0 Å². The summed E-state index contributed by atoms with van der Waals surface area (Å²) in [6.07, 6.45) is 7.78. The molecular formula is C24H34F2N2O2. The highest BCUT2D eigenvalue weighted by molar-refractivity contribution is 5.56. The summed E-state index contributed by atoms with van der Waals surface area (Å²) in [7, 11) is 0. The largest absolute Gasteiger partial charge is 0.493 e. The summed E-state index contributed by atoms with van der Waals surface area (Å²) < 4.78 is 38.5. The van der Waals surface area contributed by atoms with Crippen molar-refractivity contribution in [2.24, 2.45) is 0 Å². The number of nitrogens with zero attached hydrogens (tertiary/aromatic N) is 2. The lowest BCUT2D eigenvalue weighted by atomic mass is 10.1. The topological polar surface area (TPSA) is 44.2 Å². The average Bonchev–Trinajstić information content (AvgIpc) is 2.77. The van der Waals surface area contributed by atoms with E-state index in [0.717, 1.165) is 37.7 Å². The highest BCUT2D eigenvalue weighted by Gasteiger charge is 2.09. The molecule has 0 spiro atoms. The fraction of sp³-hybridized carbons (Fsp3) is 0.583. The molecule has 4 nitrogen and oxygen atoms in total. The van der Waals surface area contributed by atoms with E-state index in [1.807, 2.05) is 24.3 Å². The van der Waals surface area contributed by atoms with Gasteiger partial charge in [-0.3, -0.25) is 0 Å². The van der Waals surface area contributed by atoms with Gasteiger partial charge in [0.1, 0.15) is 24.7 Å². The van der Waals surface area contributed by atoms with Crippen molar-refractivity contribution in [3.05, 3.63) is 36.7 Å². The molecule has 2 unspecified atom stereocenters. The zero-order chi connectivity index (χ0) is 21.6. The van der Waals surface area contributed by atoms with Crippen LogP contribution < -0.4 is 9.47 Å². The summed E-state index contributed by atoms with van der Waals surface area (Å²) in [6, 6.07) is 7.37. The average molecular weight is 421 g/mol. The summed E-state index contributed by atoms with van der Waals surface area (Å²) in [4.78, 5) is 8.59. The summed E-state index contributed by atoms with van der Waals surface area (Å²) in [5.74, 6) is 1.70. The molecule has 1 aromatic carbocycles. The van der Waals surface area contributed by atoms with Crippen LogP contribution in [0.4, 0.5) is 8.78 Å². The number of rotatable bonds is 15. The minimum absolute atomic E-state index is 0.0244. The molecule has 6 heteroatoms. The first-order valence-corrected chi connectivity index (χ1v) is 11.1. The normalized spacial score (nSPS) is 13.1. The van der Waals surface area contributed by atoms with Crippen molar-refractivity contribution in [2.75, 3.05) is 13.2 Å². The summed E-state index contributed by atoms with van der Waals surface area (Å²) >= 11 is 0. The number of unbranched alkanes of at least 4 members (excludes halogenated alkanes) is 3. The predicted molar refractivity (Wildman–Crippen MR) is 117 cm³/mol. The highest BCUT2D eigenvalue weighted by Crippen LogP contribution is 2.21. The van der Waals surface area contributed by atoms with Crippen LogP contribution in [0.25, 0.3) is 11.4 Å². The molecule has 1 aromatic heterocycles. The molecule has 0 amide bonds. The molecule has 2 aromatic rings. The lowest BCUT2D eigenvalue weighted by Crippen LogP contribution is -2.13. The Kier molecular flexibility index (Phi) is 11.1. The summed E-state index contributed by atoms with van der Waals surface area (Å²) in [5, 5.41) is 0. The minimum Gasteiger partial charge on any atom is -0.493 e. The third-order valence-corrected chi connectivity index (χ3v) is 4.86. The van der Waals surface area contributed by atoms with Gasteiger partial charge in [-0.2, -0.15) is 0 Å². The fourth-order valence-corrected chi connectivity index (χ4v) is 3.00. The fourth-order valence-electron chi connectivity index (χ4n) is 3.00. The molecule has 0 saturated carbocycles. The van der Waals surface area contributed by atoms with E-state index in [-0.39, 0.29) is 6.61 Å². The van der Waals surface area contributed by atoms with Gasteiger partial charge in [0.05, 0.1) is 19.0 Å². The van der Waals surface area contributed by atoms with Crippen LogP contribution in [0, 0.1) is 0 Å². The van der Waals surface area contributed by atoms with Crippen molar-refractivity contribution < 1.29 is 18.3 Å². The molecule has 2 atom stereocenters. The van der Waals surface area contributed by atoms with Crippen LogP contribution in [0.3, 0.4) is 0 Å². The third kappa shape index (κ3) is 9.06. The quantitative estimate of drug-likeness (QED) is 0.299. The predicted octanol–water partition coefficient (Wildman–Crippen LogP) is 6.74. The maximum atomic E-state index is 13.8. The Labute approximate surface area is 179 Å². The Balaban J connectivity index is 1.76. The van der Waals surface area contributed by atoms with Crippen LogP contribution in [0.1, 0.15) is 65.2 Å². The number of benzene rings is 1. The number of halogens is 2. The maximum absolute atomic E-state index is 13.8. The molecule has 0 N–H and O–H groups in total. The van der Waals surface area contributed by atoms with E-state index in [1.54, 1.807) is 12.4 Å². The number of hydrogen-bond acceptors (Lipinski definition) is 4. The second-order valence-corrected chi connectivity index (χ2v) is 7.55. The van der Waals surface area contributed by atoms with Gasteiger partial charge in [0, 0.05) is 12.0 Å². The first-order valence-electron chi connectivity index (χ1n) is 11.1. The van der Waals surface area contributed by atoms with Crippen molar-refractivity contribution in [3.63, 3.8) is 0 Å². The SMILES string of the molecule is CCCCCC(F)COc1cnc(-c2ccc(OCCC(F)CCCC)cc2)nc1. The van der Waals surface area contributed by atoms with Gasteiger partial charge in [-0.25, -0.2) is 18.7 Å².